The topological polar surface area (TPSA) is 41.5 Å². The lowest BCUT2D eigenvalue weighted by Gasteiger charge is -2.01. The number of amides is 1. The van der Waals surface area contributed by atoms with Gasteiger partial charge in [-0.1, -0.05) is 6.92 Å². The molecule has 0 aromatic carbocycles. The highest BCUT2D eigenvalue weighted by Crippen LogP contribution is 2.22. The molecule has 2 heterocycles. The average Bonchev–Trinajstić information content (AvgIpc) is 2.95. The maximum Gasteiger partial charge on any atom is 0.272 e. The second kappa shape index (κ2) is 6.45. The predicted octanol–water partition coefficient (Wildman–Crippen LogP) is 4.21. The number of carbonyl (C=O) groups excluding carboxylic acids is 1. The molecule has 2 rings (SSSR count). The van der Waals surface area contributed by atoms with Crippen LogP contribution < -0.4 is 5.43 Å². The Kier molecular flexibility index (Phi) is 4.90. The molecule has 0 fully saturated rings. The minimum absolute atomic E-state index is 0.145. The third-order valence-corrected chi connectivity index (χ3v) is 5.17. The zero-order valence-corrected chi connectivity index (χ0v) is 13.8. The van der Waals surface area contributed by atoms with Gasteiger partial charge in [0.2, 0.25) is 0 Å². The number of thiophene rings is 2. The normalized spacial score (nSPS) is 11.1. The third kappa shape index (κ3) is 3.52. The predicted molar refractivity (Wildman–Crippen MR) is 85.5 cm³/mol. The largest absolute Gasteiger partial charge is 0.272 e. The van der Waals surface area contributed by atoms with Crippen LogP contribution in [0.2, 0.25) is 0 Å². The molecule has 2 aromatic heterocycles. The highest BCUT2D eigenvalue weighted by Gasteiger charge is 2.13. The van der Waals surface area contributed by atoms with Crippen molar-refractivity contribution in [3.63, 3.8) is 0 Å². The summed E-state index contributed by atoms with van der Waals surface area (Å²) in [5.74, 6) is -0.145. The van der Waals surface area contributed by atoms with Crippen LogP contribution in [0.3, 0.4) is 0 Å². The van der Waals surface area contributed by atoms with Crippen LogP contribution in [0.4, 0.5) is 0 Å². The first-order valence-electron chi connectivity index (χ1n) is 5.77. The average molecular weight is 357 g/mol. The summed E-state index contributed by atoms with van der Waals surface area (Å²) in [5, 5.41) is 5.88. The summed E-state index contributed by atoms with van der Waals surface area (Å²) < 4.78 is 1.04. The molecule has 0 aliphatic carbocycles. The molecule has 0 spiro atoms. The van der Waals surface area contributed by atoms with Crippen LogP contribution in [0, 0.1) is 6.92 Å². The van der Waals surface area contributed by atoms with Crippen molar-refractivity contribution in [2.24, 2.45) is 5.10 Å². The van der Waals surface area contributed by atoms with Gasteiger partial charge < -0.3 is 0 Å². The van der Waals surface area contributed by atoms with Gasteiger partial charge in [0.05, 0.1) is 15.6 Å². The van der Waals surface area contributed by atoms with Crippen molar-refractivity contribution in [2.75, 3.05) is 0 Å². The number of hydrogen-bond acceptors (Lipinski definition) is 4. The van der Waals surface area contributed by atoms with Crippen LogP contribution in [0.15, 0.2) is 26.4 Å². The first kappa shape index (κ1) is 14.4. The van der Waals surface area contributed by atoms with E-state index >= 15 is 0 Å². The molecule has 6 heteroatoms. The van der Waals surface area contributed by atoms with Crippen LogP contribution >= 0.6 is 38.6 Å². The number of nitrogens with zero attached hydrogens (tertiary/aromatic N) is 1. The summed E-state index contributed by atoms with van der Waals surface area (Å²) in [4.78, 5) is 14.2. The van der Waals surface area contributed by atoms with E-state index in [1.165, 1.54) is 4.88 Å². The molecule has 0 aliphatic rings. The molecule has 3 nitrogen and oxygen atoms in total. The summed E-state index contributed by atoms with van der Waals surface area (Å²) in [6, 6.07) is 3.89. The Morgan fingerprint density at radius 1 is 1.53 bits per heavy atom. The van der Waals surface area contributed by atoms with Gasteiger partial charge in [-0.15, -0.1) is 22.7 Å². The number of aryl methyl sites for hydroxylation is 1. The highest BCUT2D eigenvalue weighted by atomic mass is 79.9. The zero-order chi connectivity index (χ0) is 13.8. The standard InChI is InChI=1S/C13H13BrN2OS2/c1-3-10-8(2)18-7-11(10)13(17)16-15-6-9-4-5-12(14)19-9/h4-7H,3H2,1-2H3,(H,16,17). The summed E-state index contributed by atoms with van der Waals surface area (Å²) in [6.45, 7) is 4.09. The molecule has 0 saturated carbocycles. The lowest BCUT2D eigenvalue weighted by molar-refractivity contribution is 0.0954. The van der Waals surface area contributed by atoms with E-state index in [0.29, 0.717) is 0 Å². The van der Waals surface area contributed by atoms with Gasteiger partial charge in [-0.05, 0) is 47.0 Å². The maximum absolute atomic E-state index is 12.0. The molecule has 0 saturated heterocycles. The summed E-state index contributed by atoms with van der Waals surface area (Å²) in [6.07, 6.45) is 2.51. The van der Waals surface area contributed by atoms with Crippen molar-refractivity contribution < 1.29 is 4.79 Å². The van der Waals surface area contributed by atoms with Crippen molar-refractivity contribution >= 4 is 50.7 Å². The number of rotatable bonds is 4. The molecule has 2 aromatic rings. The molecule has 19 heavy (non-hydrogen) atoms. The fourth-order valence-corrected chi connectivity index (χ4v) is 3.96. The second-order valence-electron chi connectivity index (χ2n) is 3.88. The Hall–Kier alpha value is -0.980. The van der Waals surface area contributed by atoms with Gasteiger partial charge in [0.1, 0.15) is 0 Å². The van der Waals surface area contributed by atoms with E-state index in [4.69, 9.17) is 0 Å². The van der Waals surface area contributed by atoms with Crippen molar-refractivity contribution in [2.45, 2.75) is 20.3 Å². The Morgan fingerprint density at radius 2 is 2.32 bits per heavy atom. The van der Waals surface area contributed by atoms with E-state index in [0.717, 1.165) is 26.2 Å². The fourth-order valence-electron chi connectivity index (χ4n) is 1.72. The molecule has 1 N–H and O–H groups in total. The Balaban J connectivity index is 2.03. The SMILES string of the molecule is CCc1c(C(=O)NN=Cc2ccc(Br)s2)csc1C. The van der Waals surface area contributed by atoms with Gasteiger partial charge in [0, 0.05) is 15.1 Å². The van der Waals surface area contributed by atoms with E-state index in [1.54, 1.807) is 28.9 Å². The minimum atomic E-state index is -0.145. The number of halogens is 1. The molecule has 0 bridgehead atoms. The fraction of sp³-hybridized carbons (Fsp3) is 0.231. The van der Waals surface area contributed by atoms with Gasteiger partial charge in [0.15, 0.2) is 0 Å². The van der Waals surface area contributed by atoms with E-state index in [-0.39, 0.29) is 5.91 Å². The van der Waals surface area contributed by atoms with E-state index < -0.39 is 0 Å². The molecule has 0 radical (unpaired) electrons. The quantitative estimate of drug-likeness (QED) is 0.646. The molecular weight excluding hydrogens is 344 g/mol. The smallest absolute Gasteiger partial charge is 0.267 e. The molecule has 0 atom stereocenters. The van der Waals surface area contributed by atoms with Crippen molar-refractivity contribution in [1.82, 2.24) is 5.43 Å². The summed E-state index contributed by atoms with van der Waals surface area (Å²) >= 11 is 6.55. The number of hydrazone groups is 1. The number of carbonyl (C=O) groups is 1. The molecule has 100 valence electrons. The summed E-state index contributed by atoms with van der Waals surface area (Å²) in [5.41, 5.74) is 4.41. The van der Waals surface area contributed by atoms with Gasteiger partial charge in [0.25, 0.3) is 5.91 Å². The van der Waals surface area contributed by atoms with Crippen LogP contribution in [0.5, 0.6) is 0 Å². The Bertz CT molecular complexity index is 616. The van der Waals surface area contributed by atoms with E-state index in [9.17, 15) is 4.79 Å². The van der Waals surface area contributed by atoms with Crippen LogP contribution in [0.25, 0.3) is 0 Å². The van der Waals surface area contributed by atoms with Gasteiger partial charge in [-0.25, -0.2) is 5.43 Å². The number of hydrogen-bond donors (Lipinski definition) is 1. The third-order valence-electron chi connectivity index (χ3n) is 2.65. The molecule has 0 unspecified atom stereocenters. The first-order chi connectivity index (χ1) is 9.11. The second-order valence-corrected chi connectivity index (χ2v) is 7.46. The first-order valence-corrected chi connectivity index (χ1v) is 8.26. The highest BCUT2D eigenvalue weighted by molar-refractivity contribution is 9.11. The summed E-state index contributed by atoms with van der Waals surface area (Å²) in [7, 11) is 0. The van der Waals surface area contributed by atoms with Gasteiger partial charge in [-0.2, -0.15) is 5.10 Å². The van der Waals surface area contributed by atoms with Gasteiger partial charge >= 0.3 is 0 Å². The molecule has 1 amide bonds. The van der Waals surface area contributed by atoms with Gasteiger partial charge in [-0.3, -0.25) is 4.79 Å². The molecular formula is C13H13BrN2OS2. The van der Waals surface area contributed by atoms with E-state index in [2.05, 4.69) is 33.4 Å². The Morgan fingerprint density at radius 3 is 2.95 bits per heavy atom. The van der Waals surface area contributed by atoms with Crippen LogP contribution in [-0.2, 0) is 6.42 Å². The lowest BCUT2D eigenvalue weighted by Crippen LogP contribution is -2.18. The van der Waals surface area contributed by atoms with Crippen molar-refractivity contribution in [3.05, 3.63) is 42.2 Å². The number of nitrogens with one attached hydrogen (secondary N) is 1. The van der Waals surface area contributed by atoms with Crippen molar-refractivity contribution in [1.29, 1.82) is 0 Å². The Labute approximate surface area is 128 Å². The molecule has 0 aliphatic heterocycles. The maximum atomic E-state index is 12.0. The monoisotopic (exact) mass is 356 g/mol. The van der Waals surface area contributed by atoms with Crippen LogP contribution in [-0.4, -0.2) is 12.1 Å². The lowest BCUT2D eigenvalue weighted by atomic mass is 10.1. The zero-order valence-electron chi connectivity index (χ0n) is 10.6. The van der Waals surface area contributed by atoms with E-state index in [1.807, 2.05) is 24.4 Å². The minimum Gasteiger partial charge on any atom is -0.267 e. The van der Waals surface area contributed by atoms with Crippen molar-refractivity contribution in [3.8, 4) is 0 Å². The van der Waals surface area contributed by atoms with Crippen LogP contribution in [0.1, 0.15) is 32.6 Å².